The van der Waals surface area contributed by atoms with E-state index >= 15 is 0 Å². The van der Waals surface area contributed by atoms with Crippen LogP contribution in [0.5, 0.6) is 0 Å². The number of carbonyl (C=O) groups is 1. The van der Waals surface area contributed by atoms with Gasteiger partial charge in [-0.2, -0.15) is 0 Å². The van der Waals surface area contributed by atoms with Crippen LogP contribution in [0, 0.1) is 0 Å². The zero-order valence-electron chi connectivity index (χ0n) is 17.8. The van der Waals surface area contributed by atoms with Crippen LogP contribution in [-0.2, 0) is 0 Å². The van der Waals surface area contributed by atoms with Gasteiger partial charge in [0.25, 0.3) is 11.5 Å². The Hall–Kier alpha value is -4.34. The number of furan rings is 1. The molecule has 6 aromatic rings. The molecule has 0 saturated heterocycles. The number of halogens is 1. The smallest absolute Gasteiger partial charge is 0.276 e. The third kappa shape index (κ3) is 3.76. The molecule has 10 heteroatoms. The number of fused-ring (bicyclic) bond motifs is 3. The molecule has 1 N–H and O–H groups in total. The van der Waals surface area contributed by atoms with E-state index in [2.05, 4.69) is 15.5 Å². The number of nitrogens with one attached hydrogen (secondary N) is 1. The molecule has 0 spiro atoms. The van der Waals surface area contributed by atoms with Crippen molar-refractivity contribution in [2.24, 2.45) is 0 Å². The number of aromatic nitrogens is 4. The van der Waals surface area contributed by atoms with Crippen LogP contribution < -0.4 is 15.4 Å². The average molecular weight is 500 g/mol. The van der Waals surface area contributed by atoms with Gasteiger partial charge in [0.2, 0.25) is 0 Å². The normalized spacial score (nSPS) is 12.0. The molecule has 0 fully saturated rings. The van der Waals surface area contributed by atoms with Crippen LogP contribution in [0.2, 0.25) is 5.02 Å². The van der Waals surface area contributed by atoms with Gasteiger partial charge in [0.1, 0.15) is 10.3 Å². The van der Waals surface area contributed by atoms with Crippen molar-refractivity contribution in [1.82, 2.24) is 19.6 Å². The maximum Gasteiger partial charge on any atom is 0.276 e. The maximum absolute atomic E-state index is 13.3. The van der Waals surface area contributed by atoms with Gasteiger partial charge in [-0.1, -0.05) is 53.3 Å². The van der Waals surface area contributed by atoms with Crippen LogP contribution in [-0.4, -0.2) is 25.5 Å². The Morgan fingerprint density at radius 1 is 1.03 bits per heavy atom. The third-order valence-electron chi connectivity index (χ3n) is 5.37. The monoisotopic (exact) mass is 499 g/mol. The minimum absolute atomic E-state index is 0.211. The minimum Gasteiger partial charge on any atom is -0.465 e. The number of carbonyl (C=O) groups excluding carboxylic acids is 1. The molecule has 0 aliphatic heterocycles. The molecule has 4 heterocycles. The lowest BCUT2D eigenvalue weighted by molar-refractivity contribution is 0.102. The summed E-state index contributed by atoms with van der Waals surface area (Å²) in [5, 5.41) is 12.3. The van der Waals surface area contributed by atoms with E-state index in [0.717, 1.165) is 5.56 Å². The van der Waals surface area contributed by atoms with Crippen LogP contribution in [0.25, 0.3) is 33.3 Å². The summed E-state index contributed by atoms with van der Waals surface area (Å²) in [4.78, 5) is 31.4. The van der Waals surface area contributed by atoms with Gasteiger partial charge in [-0.25, -0.2) is 9.38 Å². The number of nitrogens with zero attached hydrogens (tertiary/aromatic N) is 4. The first kappa shape index (κ1) is 21.2. The number of hydrogen-bond donors (Lipinski definition) is 1. The highest BCUT2D eigenvalue weighted by molar-refractivity contribution is 7.15. The van der Waals surface area contributed by atoms with E-state index in [1.807, 2.05) is 18.2 Å². The second-order valence-electron chi connectivity index (χ2n) is 7.58. The number of thiazole rings is 1. The Kier molecular flexibility index (Phi) is 5.13. The highest BCUT2D eigenvalue weighted by atomic mass is 35.5. The Labute approximate surface area is 206 Å². The highest BCUT2D eigenvalue weighted by Crippen LogP contribution is 2.32. The van der Waals surface area contributed by atoms with Crippen molar-refractivity contribution in [2.75, 3.05) is 5.32 Å². The van der Waals surface area contributed by atoms with Crippen LogP contribution in [0.3, 0.4) is 0 Å². The fourth-order valence-electron chi connectivity index (χ4n) is 3.74. The van der Waals surface area contributed by atoms with Crippen molar-refractivity contribution in [3.63, 3.8) is 0 Å². The summed E-state index contributed by atoms with van der Waals surface area (Å²) in [7, 11) is 0. The summed E-state index contributed by atoms with van der Waals surface area (Å²) in [6, 6.07) is 19.4. The Balaban J connectivity index is 1.60. The predicted octanol–water partition coefficient (Wildman–Crippen LogP) is 4.41. The van der Waals surface area contributed by atoms with E-state index < -0.39 is 0 Å². The topological polar surface area (TPSA) is 102 Å². The molecular formula is C25H14ClN5O3S. The van der Waals surface area contributed by atoms with Crippen molar-refractivity contribution >= 4 is 56.7 Å². The molecule has 170 valence electrons. The Morgan fingerprint density at radius 2 is 1.83 bits per heavy atom. The van der Waals surface area contributed by atoms with Crippen LogP contribution >= 0.6 is 22.9 Å². The lowest BCUT2D eigenvalue weighted by Crippen LogP contribution is -2.23. The lowest BCUT2D eigenvalue weighted by atomic mass is 10.1. The lowest BCUT2D eigenvalue weighted by Gasteiger charge is -2.07. The molecule has 0 aliphatic carbocycles. The van der Waals surface area contributed by atoms with Crippen molar-refractivity contribution < 1.29 is 9.21 Å². The standard InChI is InChI=1S/C25H14ClN5O3S/c26-16-10-8-14(9-11-16)20-19-21(28-23(32)15-5-2-1-3-6-15)29-30-22(19)31-24(33)18(35-25(31)27-20)13-17-7-4-12-34-17/h1-13H,(H,28,29,32)/b18-13-. The van der Waals surface area contributed by atoms with Crippen molar-refractivity contribution in [1.29, 1.82) is 0 Å². The molecule has 1 amide bonds. The van der Waals surface area contributed by atoms with Crippen molar-refractivity contribution in [3.05, 3.63) is 104 Å². The molecule has 0 unspecified atom stereocenters. The molecule has 8 nitrogen and oxygen atoms in total. The molecule has 0 bridgehead atoms. The summed E-state index contributed by atoms with van der Waals surface area (Å²) < 4.78 is 7.20. The van der Waals surface area contributed by atoms with E-state index in [1.165, 1.54) is 22.0 Å². The Bertz CT molecular complexity index is 1810. The Morgan fingerprint density at radius 3 is 2.57 bits per heavy atom. The van der Waals surface area contributed by atoms with Crippen molar-refractivity contribution in [2.45, 2.75) is 0 Å². The SMILES string of the molecule is O=C(Nc1nnc2c1c(-c1ccc(Cl)cc1)nc1s/c(=C\c3ccco3)c(=O)n12)c1ccccc1. The highest BCUT2D eigenvalue weighted by Gasteiger charge is 2.22. The van der Waals surface area contributed by atoms with Crippen LogP contribution in [0.15, 0.2) is 82.2 Å². The second-order valence-corrected chi connectivity index (χ2v) is 9.03. The molecule has 0 radical (unpaired) electrons. The summed E-state index contributed by atoms with van der Waals surface area (Å²) in [5.41, 5.74) is 1.72. The first-order chi connectivity index (χ1) is 17.1. The average Bonchev–Trinajstić information content (AvgIpc) is 3.60. The van der Waals surface area contributed by atoms with Crippen LogP contribution in [0.1, 0.15) is 16.1 Å². The molecule has 4 aromatic heterocycles. The van der Waals surface area contributed by atoms with Gasteiger partial charge in [0.05, 0.1) is 17.3 Å². The molecular weight excluding hydrogens is 486 g/mol. The number of amides is 1. The number of hydrogen-bond acceptors (Lipinski definition) is 7. The fourth-order valence-corrected chi connectivity index (χ4v) is 4.81. The maximum atomic E-state index is 13.3. The van der Waals surface area contributed by atoms with E-state index in [1.54, 1.807) is 54.6 Å². The van der Waals surface area contributed by atoms with Gasteiger partial charge in [0, 0.05) is 22.2 Å². The van der Waals surface area contributed by atoms with Gasteiger partial charge < -0.3 is 9.73 Å². The molecule has 6 rings (SSSR count). The van der Waals surface area contributed by atoms with E-state index in [4.69, 9.17) is 21.0 Å². The van der Waals surface area contributed by atoms with Gasteiger partial charge in [0.15, 0.2) is 16.4 Å². The largest absolute Gasteiger partial charge is 0.465 e. The zero-order chi connectivity index (χ0) is 23.9. The number of benzene rings is 2. The fraction of sp³-hybridized carbons (Fsp3) is 0. The zero-order valence-corrected chi connectivity index (χ0v) is 19.4. The van der Waals surface area contributed by atoms with E-state index in [9.17, 15) is 9.59 Å². The quantitative estimate of drug-likeness (QED) is 0.385. The van der Waals surface area contributed by atoms with Gasteiger partial charge in [-0.3, -0.25) is 9.59 Å². The number of rotatable bonds is 4. The van der Waals surface area contributed by atoms with Crippen molar-refractivity contribution in [3.8, 4) is 11.3 Å². The second kappa shape index (κ2) is 8.46. The van der Waals surface area contributed by atoms with E-state index in [0.29, 0.717) is 42.6 Å². The molecule has 35 heavy (non-hydrogen) atoms. The summed E-state index contributed by atoms with van der Waals surface area (Å²) in [5.74, 6) is 0.412. The van der Waals surface area contributed by atoms with Crippen LogP contribution in [0.4, 0.5) is 5.82 Å². The first-order valence-electron chi connectivity index (χ1n) is 10.5. The van der Waals surface area contributed by atoms with Gasteiger partial charge in [-0.05, 0) is 36.4 Å². The third-order valence-corrected chi connectivity index (χ3v) is 6.59. The molecule has 0 saturated carbocycles. The predicted molar refractivity (Wildman–Crippen MR) is 135 cm³/mol. The summed E-state index contributed by atoms with van der Waals surface area (Å²) in [6.07, 6.45) is 3.19. The molecule has 2 aromatic carbocycles. The number of anilines is 1. The summed E-state index contributed by atoms with van der Waals surface area (Å²) >= 11 is 7.30. The molecule has 0 aliphatic rings. The van der Waals surface area contributed by atoms with Gasteiger partial charge in [-0.15, -0.1) is 10.2 Å². The summed E-state index contributed by atoms with van der Waals surface area (Å²) in [6.45, 7) is 0. The first-order valence-corrected chi connectivity index (χ1v) is 11.7. The minimum atomic E-state index is -0.348. The van der Waals surface area contributed by atoms with E-state index in [-0.39, 0.29) is 17.3 Å². The van der Waals surface area contributed by atoms with Gasteiger partial charge >= 0.3 is 0 Å². The molecule has 0 atom stereocenters.